The second-order valence-corrected chi connectivity index (χ2v) is 5.82. The van der Waals surface area contributed by atoms with E-state index >= 15 is 0 Å². The van der Waals surface area contributed by atoms with E-state index in [4.69, 9.17) is 9.47 Å². The van der Waals surface area contributed by atoms with Crippen molar-refractivity contribution in [2.45, 2.75) is 45.9 Å². The van der Waals surface area contributed by atoms with E-state index in [-0.39, 0.29) is 12.0 Å². The third-order valence-corrected chi connectivity index (χ3v) is 3.89. The largest absolute Gasteiger partial charge is 0.494 e. The van der Waals surface area contributed by atoms with E-state index < -0.39 is 0 Å². The zero-order valence-corrected chi connectivity index (χ0v) is 14.0. The van der Waals surface area contributed by atoms with Gasteiger partial charge >= 0.3 is 0 Å². The highest BCUT2D eigenvalue weighted by atomic mass is 16.5. The minimum atomic E-state index is -0.0391. The van der Waals surface area contributed by atoms with Crippen LogP contribution in [0.4, 0.5) is 0 Å². The van der Waals surface area contributed by atoms with Crippen LogP contribution in [0, 0.1) is 0 Å². The first-order chi connectivity index (χ1) is 11.7. The second-order valence-electron chi connectivity index (χ2n) is 5.82. The van der Waals surface area contributed by atoms with Crippen LogP contribution in [0.5, 0.6) is 11.5 Å². The van der Waals surface area contributed by atoms with Gasteiger partial charge in [0.1, 0.15) is 30.3 Å². The number of amides is 1. The molecule has 0 bridgehead atoms. The average molecular weight is 330 g/mol. The van der Waals surface area contributed by atoms with Gasteiger partial charge in [0.25, 0.3) is 0 Å². The first-order valence-electron chi connectivity index (χ1n) is 8.20. The summed E-state index contributed by atoms with van der Waals surface area (Å²) in [7, 11) is 0. The molecule has 1 aliphatic heterocycles. The Hall–Kier alpha value is -2.57. The molecule has 7 heteroatoms. The van der Waals surface area contributed by atoms with Gasteiger partial charge in [-0.25, -0.2) is 4.98 Å². The molecule has 2 aromatic rings. The first-order valence-corrected chi connectivity index (χ1v) is 8.20. The maximum Gasteiger partial charge on any atom is 0.222 e. The number of aromatic nitrogens is 3. The molecule has 0 saturated heterocycles. The lowest BCUT2D eigenvalue weighted by molar-refractivity contribution is -0.121. The van der Waals surface area contributed by atoms with Crippen LogP contribution in [0.25, 0.3) is 0 Å². The Bertz CT molecular complexity index is 700. The van der Waals surface area contributed by atoms with Crippen molar-refractivity contribution in [2.24, 2.45) is 0 Å². The minimum absolute atomic E-state index is 0.0391. The van der Waals surface area contributed by atoms with Gasteiger partial charge in [-0.15, -0.1) is 0 Å². The van der Waals surface area contributed by atoms with E-state index in [1.54, 1.807) is 11.0 Å². The van der Waals surface area contributed by atoms with Crippen LogP contribution in [0.2, 0.25) is 0 Å². The van der Waals surface area contributed by atoms with E-state index in [9.17, 15) is 4.79 Å². The number of aryl methyl sites for hydroxylation is 1. The lowest BCUT2D eigenvalue weighted by atomic mass is 10.1. The lowest BCUT2D eigenvalue weighted by Crippen LogP contribution is -2.24. The molecule has 24 heavy (non-hydrogen) atoms. The van der Waals surface area contributed by atoms with Gasteiger partial charge in [0.15, 0.2) is 0 Å². The maximum absolute atomic E-state index is 12.0. The number of carbonyl (C=O) groups excluding carboxylic acids is 1. The summed E-state index contributed by atoms with van der Waals surface area (Å²) in [6.45, 7) is 5.51. The summed E-state index contributed by atoms with van der Waals surface area (Å²) in [6.07, 6.45) is 4.48. The van der Waals surface area contributed by atoms with Gasteiger partial charge in [-0.05, 0) is 26.0 Å². The molecule has 0 spiro atoms. The number of carbonyl (C=O) groups is 1. The van der Waals surface area contributed by atoms with Gasteiger partial charge in [0.2, 0.25) is 5.91 Å². The molecule has 1 aromatic carbocycles. The molecule has 1 aliphatic rings. The Balaban J connectivity index is 1.61. The van der Waals surface area contributed by atoms with Crippen LogP contribution in [-0.4, -0.2) is 33.4 Å². The first kappa shape index (κ1) is 16.3. The Kier molecular flexibility index (Phi) is 4.98. The molecule has 128 valence electrons. The molecule has 1 aromatic heterocycles. The standard InChI is InChI=1S/C17H22N4O3/c1-3-23-15-7-13-6-12(2)24-16(13)8-14(15)9-19-17(22)4-5-21-11-18-10-20-21/h7-8,10-12H,3-6,9H2,1-2H3,(H,19,22)/t12-/m1/s1. The summed E-state index contributed by atoms with van der Waals surface area (Å²) in [5.74, 6) is 1.66. The van der Waals surface area contributed by atoms with Gasteiger partial charge in [-0.3, -0.25) is 9.48 Å². The third-order valence-electron chi connectivity index (χ3n) is 3.89. The fourth-order valence-corrected chi connectivity index (χ4v) is 2.76. The highest BCUT2D eigenvalue weighted by Gasteiger charge is 2.22. The van der Waals surface area contributed by atoms with Crippen LogP contribution in [0.3, 0.4) is 0 Å². The monoisotopic (exact) mass is 330 g/mol. The summed E-state index contributed by atoms with van der Waals surface area (Å²) in [4.78, 5) is 15.9. The zero-order valence-electron chi connectivity index (χ0n) is 14.0. The predicted molar refractivity (Wildman–Crippen MR) is 87.9 cm³/mol. The summed E-state index contributed by atoms with van der Waals surface area (Å²) in [6, 6.07) is 4.00. The van der Waals surface area contributed by atoms with E-state index in [0.717, 1.165) is 29.0 Å². The normalized spacial score (nSPS) is 15.7. The fraction of sp³-hybridized carbons (Fsp3) is 0.471. The van der Waals surface area contributed by atoms with Crippen molar-refractivity contribution >= 4 is 5.91 Å². The van der Waals surface area contributed by atoms with Crippen molar-refractivity contribution < 1.29 is 14.3 Å². The van der Waals surface area contributed by atoms with Crippen LogP contribution in [0.1, 0.15) is 31.4 Å². The summed E-state index contributed by atoms with van der Waals surface area (Å²) < 4.78 is 13.2. The van der Waals surface area contributed by atoms with E-state index in [2.05, 4.69) is 15.4 Å². The molecule has 7 nitrogen and oxygen atoms in total. The average Bonchev–Trinajstić information content (AvgIpc) is 3.19. The quantitative estimate of drug-likeness (QED) is 0.836. The van der Waals surface area contributed by atoms with Gasteiger partial charge in [0.05, 0.1) is 13.2 Å². The third kappa shape index (κ3) is 3.84. The lowest BCUT2D eigenvalue weighted by Gasteiger charge is -2.13. The number of rotatable bonds is 7. The maximum atomic E-state index is 12.0. The molecule has 0 aliphatic carbocycles. The van der Waals surface area contributed by atoms with Crippen LogP contribution >= 0.6 is 0 Å². The van der Waals surface area contributed by atoms with Crippen molar-refractivity contribution in [2.75, 3.05) is 6.61 Å². The van der Waals surface area contributed by atoms with Crippen molar-refractivity contribution in [1.29, 1.82) is 0 Å². The Morgan fingerprint density at radius 2 is 2.38 bits per heavy atom. The van der Waals surface area contributed by atoms with E-state index in [1.165, 1.54) is 6.33 Å². The number of ether oxygens (including phenoxy) is 2. The molecule has 2 heterocycles. The van der Waals surface area contributed by atoms with Gasteiger partial charge < -0.3 is 14.8 Å². The molecule has 1 atom stereocenters. The highest BCUT2D eigenvalue weighted by Crippen LogP contribution is 2.35. The number of benzene rings is 1. The molecule has 1 amide bonds. The molecule has 0 fully saturated rings. The number of fused-ring (bicyclic) bond motifs is 1. The smallest absolute Gasteiger partial charge is 0.222 e. The summed E-state index contributed by atoms with van der Waals surface area (Å²) >= 11 is 0. The van der Waals surface area contributed by atoms with Gasteiger partial charge in [-0.1, -0.05) is 0 Å². The summed E-state index contributed by atoms with van der Waals surface area (Å²) in [5, 5.41) is 6.91. The van der Waals surface area contributed by atoms with Crippen LogP contribution in [0.15, 0.2) is 24.8 Å². The molecule has 0 saturated carbocycles. The number of nitrogens with zero attached hydrogens (tertiary/aromatic N) is 3. The van der Waals surface area contributed by atoms with Crippen molar-refractivity contribution in [3.63, 3.8) is 0 Å². The number of hydrogen-bond acceptors (Lipinski definition) is 5. The minimum Gasteiger partial charge on any atom is -0.494 e. The number of hydrogen-bond donors (Lipinski definition) is 1. The van der Waals surface area contributed by atoms with Crippen molar-refractivity contribution in [3.05, 3.63) is 35.9 Å². The SMILES string of the molecule is CCOc1cc2c(cc1CNC(=O)CCn1cncn1)O[C@H](C)C2. The van der Waals surface area contributed by atoms with Crippen LogP contribution in [-0.2, 0) is 24.3 Å². The van der Waals surface area contributed by atoms with Crippen molar-refractivity contribution in [1.82, 2.24) is 20.1 Å². The Labute approximate surface area is 141 Å². The second kappa shape index (κ2) is 7.33. The van der Waals surface area contributed by atoms with Crippen molar-refractivity contribution in [3.8, 4) is 11.5 Å². The van der Waals surface area contributed by atoms with E-state index in [0.29, 0.717) is 26.1 Å². The van der Waals surface area contributed by atoms with Gasteiger partial charge in [-0.2, -0.15) is 5.10 Å². The topological polar surface area (TPSA) is 78.3 Å². The Morgan fingerprint density at radius 3 is 3.12 bits per heavy atom. The molecule has 0 unspecified atom stereocenters. The molecular weight excluding hydrogens is 308 g/mol. The van der Waals surface area contributed by atoms with E-state index in [1.807, 2.05) is 26.0 Å². The highest BCUT2D eigenvalue weighted by molar-refractivity contribution is 5.75. The molecule has 1 N–H and O–H groups in total. The zero-order chi connectivity index (χ0) is 16.9. The molecular formula is C17H22N4O3. The Morgan fingerprint density at radius 1 is 1.50 bits per heavy atom. The fourth-order valence-electron chi connectivity index (χ4n) is 2.76. The van der Waals surface area contributed by atoms with Gasteiger partial charge in [0, 0.05) is 30.5 Å². The molecule has 3 rings (SSSR count). The number of nitrogens with one attached hydrogen (secondary N) is 1. The summed E-state index contributed by atoms with van der Waals surface area (Å²) in [5.41, 5.74) is 2.09. The van der Waals surface area contributed by atoms with Crippen LogP contribution < -0.4 is 14.8 Å². The molecule has 0 radical (unpaired) electrons. The predicted octanol–water partition coefficient (Wildman–Crippen LogP) is 1.71.